The molecule has 2 aliphatic carbocycles. The fourth-order valence-corrected chi connectivity index (χ4v) is 3.90. The second-order valence-electron chi connectivity index (χ2n) is 7.20. The summed E-state index contributed by atoms with van der Waals surface area (Å²) in [4.78, 5) is 23.3. The summed E-state index contributed by atoms with van der Waals surface area (Å²) in [6.07, 6.45) is 3.78. The van der Waals surface area contributed by atoms with Crippen molar-refractivity contribution < 1.29 is 14.7 Å². The largest absolute Gasteiger partial charge is 0.481 e. The predicted molar refractivity (Wildman–Crippen MR) is 83.4 cm³/mol. The van der Waals surface area contributed by atoms with E-state index in [-0.39, 0.29) is 23.2 Å². The molecule has 0 unspecified atom stereocenters. The van der Waals surface area contributed by atoms with Gasteiger partial charge in [0.25, 0.3) is 0 Å². The van der Waals surface area contributed by atoms with E-state index < -0.39 is 5.97 Å². The van der Waals surface area contributed by atoms with Gasteiger partial charge in [0.05, 0.1) is 5.92 Å². The standard InChI is InChI=1S/C18H23NO3/c1-18(9-14-4-2-3-5-15(14)10-18)11-19-16(20)12-6-7-13(8-12)17(21)22/h2-5,12-13H,6-11H2,1H3,(H,19,20)(H,21,22)/t12-,13+/m1/s1. The number of carbonyl (C=O) groups excluding carboxylic acids is 1. The van der Waals surface area contributed by atoms with Gasteiger partial charge in [0.1, 0.15) is 0 Å². The lowest BCUT2D eigenvalue weighted by atomic mass is 9.87. The van der Waals surface area contributed by atoms with Crippen LogP contribution in [0.15, 0.2) is 24.3 Å². The first-order valence-electron chi connectivity index (χ1n) is 8.04. The summed E-state index contributed by atoms with van der Waals surface area (Å²) < 4.78 is 0. The average molecular weight is 301 g/mol. The molecule has 2 atom stereocenters. The molecule has 1 saturated carbocycles. The van der Waals surface area contributed by atoms with Crippen LogP contribution in [-0.4, -0.2) is 23.5 Å². The Labute approximate surface area is 130 Å². The number of hydrogen-bond acceptors (Lipinski definition) is 2. The Bertz CT molecular complexity index is 571. The van der Waals surface area contributed by atoms with Crippen LogP contribution >= 0.6 is 0 Å². The summed E-state index contributed by atoms with van der Waals surface area (Å²) >= 11 is 0. The summed E-state index contributed by atoms with van der Waals surface area (Å²) in [5, 5.41) is 12.1. The van der Waals surface area contributed by atoms with Crippen LogP contribution in [-0.2, 0) is 22.4 Å². The molecular formula is C18H23NO3. The Morgan fingerprint density at radius 3 is 2.32 bits per heavy atom. The first-order valence-corrected chi connectivity index (χ1v) is 8.04. The molecule has 118 valence electrons. The average Bonchev–Trinajstić information content (AvgIpc) is 3.08. The maximum atomic E-state index is 12.3. The van der Waals surface area contributed by atoms with E-state index in [1.165, 1.54) is 11.1 Å². The van der Waals surface area contributed by atoms with Crippen molar-refractivity contribution in [3.8, 4) is 0 Å². The second kappa shape index (κ2) is 5.75. The van der Waals surface area contributed by atoms with Crippen molar-refractivity contribution >= 4 is 11.9 Å². The summed E-state index contributed by atoms with van der Waals surface area (Å²) in [6.45, 7) is 2.87. The molecule has 3 rings (SSSR count). The zero-order valence-electron chi connectivity index (χ0n) is 13.0. The minimum atomic E-state index is -0.770. The summed E-state index contributed by atoms with van der Waals surface area (Å²) in [5.74, 6) is -1.22. The molecule has 0 spiro atoms. The summed E-state index contributed by atoms with van der Waals surface area (Å²) in [6, 6.07) is 8.45. The van der Waals surface area contributed by atoms with Gasteiger partial charge in [-0.2, -0.15) is 0 Å². The lowest BCUT2D eigenvalue weighted by Crippen LogP contribution is -2.39. The van der Waals surface area contributed by atoms with Crippen molar-refractivity contribution in [3.63, 3.8) is 0 Å². The van der Waals surface area contributed by atoms with E-state index in [2.05, 4.69) is 36.5 Å². The van der Waals surface area contributed by atoms with Crippen LogP contribution in [0.3, 0.4) is 0 Å². The highest BCUT2D eigenvalue weighted by Gasteiger charge is 2.36. The number of aliphatic carboxylic acids is 1. The van der Waals surface area contributed by atoms with Gasteiger partial charge in [-0.1, -0.05) is 31.2 Å². The molecule has 4 heteroatoms. The third-order valence-corrected chi connectivity index (χ3v) is 5.19. The molecule has 0 heterocycles. The molecule has 22 heavy (non-hydrogen) atoms. The molecule has 2 aliphatic rings. The molecule has 0 aromatic heterocycles. The number of benzene rings is 1. The van der Waals surface area contributed by atoms with Crippen molar-refractivity contribution in [1.29, 1.82) is 0 Å². The lowest BCUT2D eigenvalue weighted by molar-refractivity contribution is -0.141. The van der Waals surface area contributed by atoms with E-state index in [9.17, 15) is 9.59 Å². The van der Waals surface area contributed by atoms with Crippen molar-refractivity contribution in [2.75, 3.05) is 6.54 Å². The van der Waals surface area contributed by atoms with Crippen LogP contribution in [0.4, 0.5) is 0 Å². The molecule has 1 aromatic carbocycles. The van der Waals surface area contributed by atoms with Gasteiger partial charge in [0.15, 0.2) is 0 Å². The highest BCUT2D eigenvalue weighted by Crippen LogP contribution is 2.36. The first kappa shape index (κ1) is 15.1. The van der Waals surface area contributed by atoms with Gasteiger partial charge in [-0.05, 0) is 48.6 Å². The number of carboxylic acid groups (broad SMARTS) is 1. The molecule has 4 nitrogen and oxygen atoms in total. The zero-order chi connectivity index (χ0) is 15.7. The quantitative estimate of drug-likeness (QED) is 0.897. The van der Waals surface area contributed by atoms with Crippen molar-refractivity contribution in [3.05, 3.63) is 35.4 Å². The number of rotatable bonds is 4. The van der Waals surface area contributed by atoms with Gasteiger partial charge in [-0.25, -0.2) is 0 Å². The summed E-state index contributed by atoms with van der Waals surface area (Å²) in [7, 11) is 0. The Hall–Kier alpha value is -1.84. The normalized spacial score (nSPS) is 25.7. The topological polar surface area (TPSA) is 66.4 Å². The molecule has 1 amide bonds. The number of fused-ring (bicyclic) bond motifs is 1. The maximum absolute atomic E-state index is 12.3. The number of hydrogen-bond donors (Lipinski definition) is 2. The SMILES string of the molecule is CC1(CNC(=O)[C@@H]2CC[C@H](C(=O)O)C2)Cc2ccccc2C1. The Morgan fingerprint density at radius 1 is 1.18 bits per heavy atom. The van der Waals surface area contributed by atoms with Crippen molar-refractivity contribution in [2.45, 2.75) is 39.0 Å². The van der Waals surface area contributed by atoms with E-state index in [1.54, 1.807) is 0 Å². The fraction of sp³-hybridized carbons (Fsp3) is 0.556. The molecule has 1 fully saturated rings. The van der Waals surface area contributed by atoms with Crippen LogP contribution < -0.4 is 5.32 Å². The van der Waals surface area contributed by atoms with Gasteiger partial charge in [-0.3, -0.25) is 9.59 Å². The Kier molecular flexibility index (Phi) is 3.94. The highest BCUT2D eigenvalue weighted by molar-refractivity contribution is 5.80. The van der Waals surface area contributed by atoms with Crippen LogP contribution in [0.5, 0.6) is 0 Å². The Balaban J connectivity index is 1.53. The number of carbonyl (C=O) groups is 2. The first-order chi connectivity index (χ1) is 10.5. The van der Waals surface area contributed by atoms with Gasteiger partial charge in [0.2, 0.25) is 5.91 Å². The molecule has 1 aromatic rings. The van der Waals surface area contributed by atoms with Crippen LogP contribution in [0, 0.1) is 17.3 Å². The molecule has 2 N–H and O–H groups in total. The third-order valence-electron chi connectivity index (χ3n) is 5.19. The van der Waals surface area contributed by atoms with E-state index in [0.717, 1.165) is 12.8 Å². The maximum Gasteiger partial charge on any atom is 0.306 e. The lowest BCUT2D eigenvalue weighted by Gasteiger charge is -2.25. The van der Waals surface area contributed by atoms with E-state index >= 15 is 0 Å². The zero-order valence-corrected chi connectivity index (χ0v) is 13.0. The second-order valence-corrected chi connectivity index (χ2v) is 7.20. The third kappa shape index (κ3) is 3.01. The van der Waals surface area contributed by atoms with E-state index in [1.807, 2.05) is 0 Å². The molecular weight excluding hydrogens is 278 g/mol. The van der Waals surface area contributed by atoms with E-state index in [4.69, 9.17) is 5.11 Å². The van der Waals surface area contributed by atoms with Crippen LogP contribution in [0.1, 0.15) is 37.3 Å². The van der Waals surface area contributed by atoms with Gasteiger partial charge < -0.3 is 10.4 Å². The molecule has 0 aliphatic heterocycles. The number of carboxylic acids is 1. The van der Waals surface area contributed by atoms with Gasteiger partial charge in [0, 0.05) is 12.5 Å². The predicted octanol–water partition coefficient (Wildman–Crippen LogP) is 2.41. The summed E-state index contributed by atoms with van der Waals surface area (Å²) in [5.41, 5.74) is 2.83. The molecule has 0 bridgehead atoms. The minimum Gasteiger partial charge on any atom is -0.481 e. The number of amides is 1. The monoisotopic (exact) mass is 301 g/mol. The van der Waals surface area contributed by atoms with Crippen LogP contribution in [0.25, 0.3) is 0 Å². The van der Waals surface area contributed by atoms with Gasteiger partial charge >= 0.3 is 5.97 Å². The molecule has 0 radical (unpaired) electrons. The number of nitrogens with one attached hydrogen (secondary N) is 1. The minimum absolute atomic E-state index is 0.0286. The smallest absolute Gasteiger partial charge is 0.306 e. The van der Waals surface area contributed by atoms with Crippen molar-refractivity contribution in [2.24, 2.45) is 17.3 Å². The Morgan fingerprint density at radius 2 is 1.77 bits per heavy atom. The van der Waals surface area contributed by atoms with Crippen molar-refractivity contribution in [1.82, 2.24) is 5.32 Å². The molecule has 0 saturated heterocycles. The van der Waals surface area contributed by atoms with Gasteiger partial charge in [-0.15, -0.1) is 0 Å². The fourth-order valence-electron chi connectivity index (χ4n) is 3.90. The van der Waals surface area contributed by atoms with Crippen LogP contribution in [0.2, 0.25) is 0 Å². The van der Waals surface area contributed by atoms with E-state index in [0.29, 0.717) is 25.8 Å². The highest BCUT2D eigenvalue weighted by atomic mass is 16.4.